The first kappa shape index (κ1) is 12.7. The van der Waals surface area contributed by atoms with Crippen LogP contribution >= 0.6 is 22.6 Å². The Kier molecular flexibility index (Phi) is 6.03. The van der Waals surface area contributed by atoms with E-state index in [1.807, 2.05) is 36.4 Å². The van der Waals surface area contributed by atoms with Gasteiger partial charge in [-0.15, -0.1) is 0 Å². The van der Waals surface area contributed by atoms with E-state index < -0.39 is 0 Å². The Morgan fingerprint density at radius 2 is 2.23 bits per heavy atom. The van der Waals surface area contributed by atoms with Crippen LogP contribution in [-0.2, 0) is 0 Å². The van der Waals surface area contributed by atoms with Gasteiger partial charge in [-0.25, -0.2) is 4.39 Å². The van der Waals surface area contributed by atoms with E-state index in [9.17, 15) is 4.39 Å². The summed E-state index contributed by atoms with van der Waals surface area (Å²) in [5.41, 5.74) is 6.25. The average molecular weight is 295 g/mol. The number of nitrogens with two attached hydrogens (primary N) is 1. The molecule has 0 spiro atoms. The average Bonchev–Trinajstić information content (AvgIpc) is 2.14. The first-order valence-corrected chi connectivity index (χ1v) is 5.25. The van der Waals surface area contributed by atoms with Gasteiger partial charge in [0.1, 0.15) is 5.83 Å². The van der Waals surface area contributed by atoms with Crippen LogP contribution in [0.25, 0.3) is 0 Å². The minimum atomic E-state index is -0.312. The fraction of sp³-hybridized carbons (Fsp3) is 0.400. The summed E-state index contributed by atoms with van der Waals surface area (Å²) in [6, 6.07) is 0. The van der Waals surface area contributed by atoms with Crippen molar-refractivity contribution in [2.24, 2.45) is 11.7 Å². The Hall–Kier alpha value is -0.320. The van der Waals surface area contributed by atoms with Gasteiger partial charge in [0.2, 0.25) is 0 Å². The van der Waals surface area contributed by atoms with E-state index >= 15 is 0 Å². The van der Waals surface area contributed by atoms with Crippen LogP contribution in [0.15, 0.2) is 33.8 Å². The third kappa shape index (κ3) is 4.45. The second-order valence-corrected chi connectivity index (χ2v) is 4.02. The smallest absolute Gasteiger partial charge is 0.138 e. The van der Waals surface area contributed by atoms with Crippen LogP contribution in [0.2, 0.25) is 0 Å². The van der Waals surface area contributed by atoms with Gasteiger partial charge in [0.05, 0.1) is 0 Å². The van der Waals surface area contributed by atoms with Crippen molar-refractivity contribution >= 4 is 22.6 Å². The summed E-state index contributed by atoms with van der Waals surface area (Å²) in [6.45, 7) is 7.47. The van der Waals surface area contributed by atoms with E-state index in [1.165, 1.54) is 12.2 Å². The highest BCUT2D eigenvalue weighted by atomic mass is 127. The highest BCUT2D eigenvalue weighted by Crippen LogP contribution is 2.19. The van der Waals surface area contributed by atoms with Crippen LogP contribution < -0.4 is 5.73 Å². The van der Waals surface area contributed by atoms with Gasteiger partial charge in [0, 0.05) is 9.28 Å². The quantitative estimate of drug-likeness (QED) is 0.621. The highest BCUT2D eigenvalue weighted by molar-refractivity contribution is 14.1. The Morgan fingerprint density at radius 1 is 1.69 bits per heavy atom. The molecule has 0 aliphatic heterocycles. The Bertz CT molecular complexity index is 243. The van der Waals surface area contributed by atoms with Gasteiger partial charge >= 0.3 is 0 Å². The van der Waals surface area contributed by atoms with Crippen LogP contribution in [0.4, 0.5) is 4.39 Å². The summed E-state index contributed by atoms with van der Waals surface area (Å²) in [4.78, 5) is 0. The first-order valence-electron chi connectivity index (χ1n) is 4.17. The van der Waals surface area contributed by atoms with E-state index in [1.54, 1.807) is 0 Å². The fourth-order valence-corrected chi connectivity index (χ4v) is 0.846. The molecular formula is C10H15FIN. The van der Waals surface area contributed by atoms with Crippen molar-refractivity contribution in [3.8, 4) is 0 Å². The van der Waals surface area contributed by atoms with Gasteiger partial charge in [0.25, 0.3) is 0 Å². The Balaban J connectivity index is 4.65. The van der Waals surface area contributed by atoms with Gasteiger partial charge in [-0.3, -0.25) is 0 Å². The molecule has 2 N–H and O–H groups in total. The molecule has 0 aliphatic carbocycles. The Labute approximate surface area is 92.7 Å². The normalized spacial score (nSPS) is 16.5. The third-order valence-corrected chi connectivity index (χ3v) is 2.84. The lowest BCUT2D eigenvalue weighted by Gasteiger charge is -2.07. The maximum Gasteiger partial charge on any atom is 0.138 e. The zero-order valence-corrected chi connectivity index (χ0v) is 10.1. The van der Waals surface area contributed by atoms with Crippen LogP contribution in [0.3, 0.4) is 0 Å². The lowest BCUT2D eigenvalue weighted by Crippen LogP contribution is -2.07. The van der Waals surface area contributed by atoms with Crippen LogP contribution in [0, 0.1) is 5.92 Å². The third-order valence-electron chi connectivity index (χ3n) is 1.88. The largest absolute Gasteiger partial charge is 0.402 e. The monoisotopic (exact) mass is 295 g/mol. The molecule has 74 valence electrons. The molecule has 0 rings (SSSR count). The molecule has 0 aromatic carbocycles. The van der Waals surface area contributed by atoms with Crippen molar-refractivity contribution in [2.75, 3.05) is 0 Å². The molecule has 0 aliphatic rings. The fourth-order valence-electron chi connectivity index (χ4n) is 0.691. The highest BCUT2D eigenvalue weighted by Gasteiger charge is 2.04. The summed E-state index contributed by atoms with van der Waals surface area (Å²) in [5.74, 6) is -0.0897. The SMILES string of the molecule is C=C/C(I)=C(F)\C=C(\N)C(C)CC. The standard InChI is InChI=1S/C10H15FIN/c1-4-7(3)10(13)6-8(11)9(12)5-2/h5-7H,2,4,13H2,1,3H3/b9-8-,10-6+. The molecule has 0 bridgehead atoms. The molecule has 0 amide bonds. The van der Waals surface area contributed by atoms with Crippen molar-refractivity contribution in [3.63, 3.8) is 0 Å². The van der Waals surface area contributed by atoms with Gasteiger partial charge in [-0.05, 0) is 41.0 Å². The maximum atomic E-state index is 13.2. The van der Waals surface area contributed by atoms with Gasteiger partial charge in [-0.1, -0.05) is 26.5 Å². The first-order chi connectivity index (χ1) is 6.02. The molecule has 0 aromatic rings. The van der Waals surface area contributed by atoms with Crippen LogP contribution in [0.1, 0.15) is 20.3 Å². The summed E-state index contributed by atoms with van der Waals surface area (Å²) < 4.78 is 13.7. The molecule has 1 unspecified atom stereocenters. The molecule has 1 atom stereocenters. The molecular weight excluding hydrogens is 280 g/mol. The van der Waals surface area contributed by atoms with Gasteiger partial charge in [-0.2, -0.15) is 0 Å². The molecule has 0 saturated carbocycles. The van der Waals surface area contributed by atoms with Crippen molar-refractivity contribution in [3.05, 3.63) is 33.8 Å². The second-order valence-electron chi connectivity index (χ2n) is 2.85. The van der Waals surface area contributed by atoms with E-state index in [2.05, 4.69) is 6.58 Å². The Morgan fingerprint density at radius 3 is 2.62 bits per heavy atom. The summed E-state index contributed by atoms with van der Waals surface area (Å²) in [5, 5.41) is 0. The summed E-state index contributed by atoms with van der Waals surface area (Å²) >= 11 is 1.89. The van der Waals surface area contributed by atoms with Crippen LogP contribution in [-0.4, -0.2) is 0 Å². The van der Waals surface area contributed by atoms with Crippen molar-refractivity contribution in [1.29, 1.82) is 0 Å². The summed E-state index contributed by atoms with van der Waals surface area (Å²) in [6.07, 6.45) is 3.76. The van der Waals surface area contributed by atoms with E-state index in [0.29, 0.717) is 9.28 Å². The molecule has 0 saturated heterocycles. The van der Waals surface area contributed by atoms with E-state index in [-0.39, 0.29) is 11.7 Å². The predicted octanol–water partition coefficient (Wildman–Crippen LogP) is 3.68. The predicted molar refractivity (Wildman–Crippen MR) is 64.1 cm³/mol. The molecule has 0 heterocycles. The molecule has 1 nitrogen and oxygen atoms in total. The minimum absolute atomic E-state index is 0.222. The zero-order valence-electron chi connectivity index (χ0n) is 7.98. The molecule has 0 fully saturated rings. The lowest BCUT2D eigenvalue weighted by molar-refractivity contribution is 0.626. The maximum absolute atomic E-state index is 13.2. The van der Waals surface area contributed by atoms with Crippen molar-refractivity contribution in [1.82, 2.24) is 0 Å². The van der Waals surface area contributed by atoms with Crippen molar-refractivity contribution in [2.45, 2.75) is 20.3 Å². The topological polar surface area (TPSA) is 26.0 Å². The molecule has 3 heteroatoms. The summed E-state index contributed by atoms with van der Waals surface area (Å²) in [7, 11) is 0. The van der Waals surface area contributed by atoms with Crippen LogP contribution in [0.5, 0.6) is 0 Å². The second kappa shape index (κ2) is 6.18. The molecule has 13 heavy (non-hydrogen) atoms. The van der Waals surface area contributed by atoms with E-state index in [4.69, 9.17) is 5.73 Å². The van der Waals surface area contributed by atoms with Gasteiger partial charge in [0.15, 0.2) is 0 Å². The zero-order chi connectivity index (χ0) is 10.4. The number of halogens is 2. The van der Waals surface area contributed by atoms with Gasteiger partial charge < -0.3 is 5.73 Å². The van der Waals surface area contributed by atoms with Crippen molar-refractivity contribution < 1.29 is 4.39 Å². The lowest BCUT2D eigenvalue weighted by atomic mass is 10.1. The number of hydrogen-bond acceptors (Lipinski definition) is 1. The van der Waals surface area contributed by atoms with E-state index in [0.717, 1.165) is 6.42 Å². The number of allylic oxidation sites excluding steroid dienone is 5. The molecule has 0 aromatic heterocycles. The number of hydrogen-bond donors (Lipinski definition) is 1. The number of rotatable bonds is 4. The minimum Gasteiger partial charge on any atom is -0.402 e. The molecule has 0 radical (unpaired) electrons.